The largest absolute Gasteiger partial charge is 0.492 e. The minimum atomic E-state index is -4.40. The number of hydrogen-bond donors (Lipinski definition) is 1. The molecule has 0 saturated heterocycles. The number of rotatable bonds is 8. The summed E-state index contributed by atoms with van der Waals surface area (Å²) in [6.45, 7) is 0.936. The van der Waals surface area contributed by atoms with E-state index in [9.17, 15) is 22.4 Å². The molecule has 0 spiro atoms. The molecule has 0 fully saturated rings. The van der Waals surface area contributed by atoms with E-state index in [1.165, 1.54) is 41.3 Å². The predicted molar refractivity (Wildman–Crippen MR) is 99.5 cm³/mol. The number of carbonyl (C=O) groups excluding carboxylic acids is 1. The average Bonchev–Trinajstić information content (AvgIpc) is 2.67. The van der Waals surface area contributed by atoms with E-state index in [0.29, 0.717) is 17.9 Å². The van der Waals surface area contributed by atoms with Crippen LogP contribution in [0.15, 0.2) is 48.5 Å². The molecule has 0 radical (unpaired) electrons. The van der Waals surface area contributed by atoms with Gasteiger partial charge >= 0.3 is 12.2 Å². The number of ether oxygens (including phenoxy) is 2. The third-order valence-corrected chi connectivity index (χ3v) is 3.98. The van der Waals surface area contributed by atoms with Crippen LogP contribution in [0.5, 0.6) is 11.5 Å². The Hall–Kier alpha value is -2.97. The van der Waals surface area contributed by atoms with Crippen molar-refractivity contribution in [1.29, 1.82) is 0 Å². The zero-order valence-corrected chi connectivity index (χ0v) is 16.0. The lowest BCUT2D eigenvalue weighted by molar-refractivity contribution is -0.153. The summed E-state index contributed by atoms with van der Waals surface area (Å²) >= 11 is 0. The van der Waals surface area contributed by atoms with Crippen molar-refractivity contribution in [2.45, 2.75) is 19.1 Å². The van der Waals surface area contributed by atoms with Gasteiger partial charge in [0.15, 0.2) is 6.61 Å². The zero-order chi connectivity index (χ0) is 21.4. The van der Waals surface area contributed by atoms with Crippen molar-refractivity contribution in [2.75, 3.05) is 26.8 Å². The van der Waals surface area contributed by atoms with Gasteiger partial charge in [-0.25, -0.2) is 9.18 Å². The molecule has 5 nitrogen and oxygen atoms in total. The van der Waals surface area contributed by atoms with Crippen molar-refractivity contribution in [3.05, 3.63) is 59.9 Å². The Labute approximate surface area is 166 Å². The van der Waals surface area contributed by atoms with Gasteiger partial charge in [0.25, 0.3) is 0 Å². The molecule has 1 N–H and O–H groups in total. The van der Waals surface area contributed by atoms with Crippen molar-refractivity contribution < 1.29 is 31.8 Å². The highest BCUT2D eigenvalue weighted by molar-refractivity contribution is 5.74. The van der Waals surface area contributed by atoms with Crippen molar-refractivity contribution in [1.82, 2.24) is 10.2 Å². The van der Waals surface area contributed by atoms with Gasteiger partial charge in [0, 0.05) is 7.05 Å². The minimum absolute atomic E-state index is 0.0969. The second-order valence-corrected chi connectivity index (χ2v) is 6.37. The first-order valence-electron chi connectivity index (χ1n) is 8.83. The molecule has 0 aromatic heterocycles. The van der Waals surface area contributed by atoms with Crippen LogP contribution in [-0.2, 0) is 0 Å². The van der Waals surface area contributed by atoms with Gasteiger partial charge < -0.3 is 19.7 Å². The number of benzene rings is 2. The number of halogens is 4. The van der Waals surface area contributed by atoms with Crippen LogP contribution in [-0.4, -0.2) is 43.9 Å². The van der Waals surface area contributed by atoms with E-state index in [-0.39, 0.29) is 30.2 Å². The highest BCUT2D eigenvalue weighted by Gasteiger charge is 2.28. The number of alkyl halides is 3. The molecule has 0 aliphatic rings. The zero-order valence-electron chi connectivity index (χ0n) is 16.0. The molecular formula is C20H22F4N2O3. The van der Waals surface area contributed by atoms with E-state index in [0.717, 1.165) is 0 Å². The van der Waals surface area contributed by atoms with Crippen LogP contribution < -0.4 is 14.8 Å². The maximum absolute atomic E-state index is 12.8. The number of hydrogen-bond acceptors (Lipinski definition) is 3. The molecule has 2 aromatic carbocycles. The van der Waals surface area contributed by atoms with E-state index < -0.39 is 12.8 Å². The first-order chi connectivity index (χ1) is 13.6. The van der Waals surface area contributed by atoms with Gasteiger partial charge in [-0.1, -0.05) is 12.1 Å². The van der Waals surface area contributed by atoms with Crippen LogP contribution in [0.4, 0.5) is 22.4 Å². The predicted octanol–water partition coefficient (Wildman–Crippen LogP) is 4.55. The quantitative estimate of drug-likeness (QED) is 0.645. The highest BCUT2D eigenvalue weighted by atomic mass is 19.4. The van der Waals surface area contributed by atoms with Gasteiger partial charge in [-0.05, 0) is 48.9 Å². The van der Waals surface area contributed by atoms with Crippen LogP contribution in [0.25, 0.3) is 0 Å². The average molecular weight is 414 g/mol. The summed E-state index contributed by atoms with van der Waals surface area (Å²) in [5.74, 6) is 0.240. The van der Waals surface area contributed by atoms with E-state index in [1.54, 1.807) is 26.1 Å². The van der Waals surface area contributed by atoms with Gasteiger partial charge in [0.1, 0.15) is 23.9 Å². The van der Waals surface area contributed by atoms with Gasteiger partial charge in [0.05, 0.1) is 12.6 Å². The molecule has 158 valence electrons. The smallest absolute Gasteiger partial charge is 0.422 e. The summed E-state index contributed by atoms with van der Waals surface area (Å²) in [6.07, 6.45) is -4.40. The number of likely N-dealkylation sites (N-methyl/N-ethyl adjacent to an activating group) is 1. The van der Waals surface area contributed by atoms with Gasteiger partial charge in [0.2, 0.25) is 0 Å². The molecule has 0 aliphatic heterocycles. The van der Waals surface area contributed by atoms with Crippen LogP contribution >= 0.6 is 0 Å². The topological polar surface area (TPSA) is 50.8 Å². The number of nitrogens with one attached hydrogen (secondary N) is 1. The number of nitrogens with zero attached hydrogens (tertiary/aromatic N) is 1. The van der Waals surface area contributed by atoms with E-state index in [4.69, 9.17) is 4.74 Å². The Balaban J connectivity index is 1.77. The summed E-state index contributed by atoms with van der Waals surface area (Å²) in [5.41, 5.74) is 0.716. The number of amides is 2. The summed E-state index contributed by atoms with van der Waals surface area (Å²) in [5, 5.41) is 2.79. The molecule has 0 saturated carbocycles. The highest BCUT2D eigenvalue weighted by Crippen LogP contribution is 2.21. The Bertz CT molecular complexity index is 780. The summed E-state index contributed by atoms with van der Waals surface area (Å²) in [7, 11) is 1.60. The molecule has 1 unspecified atom stereocenters. The van der Waals surface area contributed by atoms with Crippen LogP contribution in [0.3, 0.4) is 0 Å². The van der Waals surface area contributed by atoms with Gasteiger partial charge in [-0.15, -0.1) is 0 Å². The molecule has 0 aliphatic carbocycles. The van der Waals surface area contributed by atoms with Gasteiger partial charge in [-0.3, -0.25) is 0 Å². The second-order valence-electron chi connectivity index (χ2n) is 6.37. The van der Waals surface area contributed by atoms with E-state index in [2.05, 4.69) is 10.1 Å². The maximum Gasteiger partial charge on any atom is 0.422 e. The normalized spacial score (nSPS) is 12.2. The third-order valence-electron chi connectivity index (χ3n) is 3.98. The molecule has 0 bridgehead atoms. The fourth-order valence-corrected chi connectivity index (χ4v) is 2.33. The fraction of sp³-hybridized carbons (Fsp3) is 0.350. The monoisotopic (exact) mass is 414 g/mol. The summed E-state index contributed by atoms with van der Waals surface area (Å²) in [6, 6.07) is 10.9. The number of urea groups is 1. The minimum Gasteiger partial charge on any atom is -0.492 e. The lowest BCUT2D eigenvalue weighted by Gasteiger charge is -2.22. The van der Waals surface area contributed by atoms with Crippen LogP contribution in [0, 0.1) is 5.82 Å². The van der Waals surface area contributed by atoms with Crippen LogP contribution in [0.2, 0.25) is 0 Å². The maximum atomic E-state index is 12.8. The van der Waals surface area contributed by atoms with Crippen molar-refractivity contribution in [3.8, 4) is 11.5 Å². The SMILES string of the molecule is CC(NC(=O)N(C)CCOc1ccc(F)cc1)c1ccc(OCC(F)(F)F)cc1. The van der Waals surface area contributed by atoms with Crippen LogP contribution in [0.1, 0.15) is 18.5 Å². The Morgan fingerprint density at radius 3 is 2.17 bits per heavy atom. The molecule has 2 amide bonds. The summed E-state index contributed by atoms with van der Waals surface area (Å²) in [4.78, 5) is 13.7. The third kappa shape index (κ3) is 7.89. The molecule has 0 heterocycles. The Morgan fingerprint density at radius 2 is 1.59 bits per heavy atom. The van der Waals surface area contributed by atoms with E-state index in [1.807, 2.05) is 0 Å². The molecule has 2 aromatic rings. The van der Waals surface area contributed by atoms with Crippen molar-refractivity contribution in [3.63, 3.8) is 0 Å². The van der Waals surface area contributed by atoms with E-state index >= 15 is 0 Å². The standard InChI is InChI=1S/C20H22F4N2O3/c1-14(15-3-7-18(8-4-15)29-13-20(22,23)24)25-19(27)26(2)11-12-28-17-9-5-16(21)6-10-17/h3-10,14H,11-13H2,1-2H3,(H,25,27). The fourth-order valence-electron chi connectivity index (χ4n) is 2.33. The number of carbonyl (C=O) groups is 1. The molecule has 29 heavy (non-hydrogen) atoms. The summed E-state index contributed by atoms with van der Waals surface area (Å²) < 4.78 is 59.5. The van der Waals surface area contributed by atoms with Gasteiger partial charge in [-0.2, -0.15) is 13.2 Å². The first-order valence-corrected chi connectivity index (χ1v) is 8.83. The molecule has 2 rings (SSSR count). The Morgan fingerprint density at radius 1 is 1.03 bits per heavy atom. The van der Waals surface area contributed by atoms with Crippen molar-refractivity contribution in [2.24, 2.45) is 0 Å². The first kappa shape index (κ1) is 22.3. The lowest BCUT2D eigenvalue weighted by atomic mass is 10.1. The molecule has 1 atom stereocenters. The van der Waals surface area contributed by atoms with Crippen molar-refractivity contribution >= 4 is 6.03 Å². The molecule has 9 heteroatoms. The lowest BCUT2D eigenvalue weighted by Crippen LogP contribution is -2.40. The molecular weight excluding hydrogens is 392 g/mol. The Kier molecular flexibility index (Phi) is 7.69. The second kappa shape index (κ2) is 9.99.